The Morgan fingerprint density at radius 2 is 1.53 bits per heavy atom. The van der Waals surface area contributed by atoms with Crippen LogP contribution in [0, 0.1) is 20.8 Å². The van der Waals surface area contributed by atoms with Crippen molar-refractivity contribution in [2.75, 3.05) is 5.32 Å². The van der Waals surface area contributed by atoms with Gasteiger partial charge in [0.2, 0.25) is 0 Å². The molecule has 1 atom stereocenters. The summed E-state index contributed by atoms with van der Waals surface area (Å²) in [7, 11) is 0. The Balaban J connectivity index is 2.21. The van der Waals surface area contributed by atoms with Crippen LogP contribution in [-0.2, 0) is 0 Å². The quantitative estimate of drug-likeness (QED) is 0.792. The van der Waals surface area contributed by atoms with Crippen molar-refractivity contribution in [3.8, 4) is 0 Å². The predicted octanol–water partition coefficient (Wildman–Crippen LogP) is 5.18. The molecule has 0 radical (unpaired) electrons. The van der Waals surface area contributed by atoms with Crippen LogP contribution in [0.15, 0.2) is 42.5 Å². The number of hydrogen-bond acceptors (Lipinski definition) is 1. The van der Waals surface area contributed by atoms with E-state index in [-0.39, 0.29) is 0 Å². The smallest absolute Gasteiger partial charge is 0.0511 e. The molecule has 1 N–H and O–H groups in total. The first-order chi connectivity index (χ1) is 9.10. The Morgan fingerprint density at radius 3 is 2.11 bits per heavy atom. The summed E-state index contributed by atoms with van der Waals surface area (Å²) >= 11 is 0. The van der Waals surface area contributed by atoms with E-state index in [1.165, 1.54) is 27.9 Å². The number of rotatable bonds is 4. The Bertz CT molecular complexity index is 540. The van der Waals surface area contributed by atoms with Crippen molar-refractivity contribution in [1.82, 2.24) is 0 Å². The van der Waals surface area contributed by atoms with Crippen LogP contribution in [-0.4, -0.2) is 0 Å². The van der Waals surface area contributed by atoms with E-state index >= 15 is 0 Å². The van der Waals surface area contributed by atoms with E-state index in [2.05, 4.69) is 75.5 Å². The van der Waals surface area contributed by atoms with Gasteiger partial charge in [-0.1, -0.05) is 54.4 Å². The molecule has 100 valence electrons. The highest BCUT2D eigenvalue weighted by Gasteiger charge is 2.10. The van der Waals surface area contributed by atoms with Crippen LogP contribution in [0.1, 0.15) is 41.6 Å². The lowest BCUT2D eigenvalue weighted by atomic mass is 10.0. The van der Waals surface area contributed by atoms with E-state index in [1.807, 2.05) is 0 Å². The topological polar surface area (TPSA) is 12.0 Å². The molecule has 0 bridgehead atoms. The SMILES string of the molecule is CCC(Nc1ccc(C)cc1C)c1ccc(C)cc1. The van der Waals surface area contributed by atoms with Gasteiger partial charge in [0.05, 0.1) is 6.04 Å². The zero-order valence-corrected chi connectivity index (χ0v) is 12.3. The zero-order valence-electron chi connectivity index (χ0n) is 12.3. The van der Waals surface area contributed by atoms with Crippen molar-refractivity contribution >= 4 is 5.69 Å². The van der Waals surface area contributed by atoms with E-state index in [0.29, 0.717) is 6.04 Å². The van der Waals surface area contributed by atoms with Crippen LogP contribution >= 0.6 is 0 Å². The highest BCUT2D eigenvalue weighted by molar-refractivity contribution is 5.53. The number of nitrogens with one attached hydrogen (secondary N) is 1. The van der Waals surface area contributed by atoms with Crippen molar-refractivity contribution in [3.05, 3.63) is 64.7 Å². The maximum Gasteiger partial charge on any atom is 0.0511 e. The van der Waals surface area contributed by atoms with Crippen molar-refractivity contribution < 1.29 is 0 Å². The second kappa shape index (κ2) is 5.92. The molecular weight excluding hydrogens is 230 g/mol. The summed E-state index contributed by atoms with van der Waals surface area (Å²) in [5.74, 6) is 0. The van der Waals surface area contributed by atoms with Gasteiger partial charge in [0.15, 0.2) is 0 Å². The average Bonchev–Trinajstić information content (AvgIpc) is 2.39. The Kier molecular flexibility index (Phi) is 4.26. The van der Waals surface area contributed by atoms with Crippen LogP contribution in [0.3, 0.4) is 0 Å². The Labute approximate surface area is 116 Å². The van der Waals surface area contributed by atoms with Crippen LogP contribution in [0.4, 0.5) is 5.69 Å². The maximum atomic E-state index is 3.66. The molecular formula is C18H23N. The summed E-state index contributed by atoms with van der Waals surface area (Å²) < 4.78 is 0. The van der Waals surface area contributed by atoms with Gasteiger partial charge in [0.1, 0.15) is 0 Å². The van der Waals surface area contributed by atoms with Crippen molar-refractivity contribution in [2.24, 2.45) is 0 Å². The summed E-state index contributed by atoms with van der Waals surface area (Å²) in [5, 5.41) is 3.66. The van der Waals surface area contributed by atoms with Gasteiger partial charge in [0, 0.05) is 5.69 Å². The van der Waals surface area contributed by atoms with Crippen LogP contribution in [0.2, 0.25) is 0 Å². The highest BCUT2D eigenvalue weighted by atomic mass is 14.9. The third-order valence-corrected chi connectivity index (χ3v) is 3.60. The largest absolute Gasteiger partial charge is 0.378 e. The van der Waals surface area contributed by atoms with Crippen LogP contribution < -0.4 is 5.32 Å². The number of anilines is 1. The molecule has 0 aromatic heterocycles. The first-order valence-electron chi connectivity index (χ1n) is 7.00. The molecule has 0 saturated carbocycles. The minimum Gasteiger partial charge on any atom is -0.378 e. The molecule has 0 spiro atoms. The summed E-state index contributed by atoms with van der Waals surface area (Å²) in [6.07, 6.45) is 1.08. The molecule has 2 aromatic carbocycles. The van der Waals surface area contributed by atoms with Gasteiger partial charge in [-0.2, -0.15) is 0 Å². The van der Waals surface area contributed by atoms with Gasteiger partial charge >= 0.3 is 0 Å². The van der Waals surface area contributed by atoms with E-state index in [1.54, 1.807) is 0 Å². The first kappa shape index (κ1) is 13.7. The third-order valence-electron chi connectivity index (χ3n) is 3.60. The summed E-state index contributed by atoms with van der Waals surface area (Å²) in [6, 6.07) is 15.8. The molecule has 2 rings (SSSR count). The third kappa shape index (κ3) is 3.37. The Morgan fingerprint density at radius 1 is 0.895 bits per heavy atom. The first-order valence-corrected chi connectivity index (χ1v) is 7.00. The zero-order chi connectivity index (χ0) is 13.8. The van der Waals surface area contributed by atoms with E-state index in [9.17, 15) is 0 Å². The highest BCUT2D eigenvalue weighted by Crippen LogP contribution is 2.25. The minimum atomic E-state index is 0.377. The number of hydrogen-bond donors (Lipinski definition) is 1. The lowest BCUT2D eigenvalue weighted by Crippen LogP contribution is -2.10. The molecule has 0 amide bonds. The van der Waals surface area contributed by atoms with Gasteiger partial charge in [-0.05, 0) is 44.4 Å². The summed E-state index contributed by atoms with van der Waals surface area (Å²) in [6.45, 7) is 8.65. The molecule has 0 aliphatic heterocycles. The molecule has 1 heteroatoms. The van der Waals surface area contributed by atoms with Gasteiger partial charge in [-0.15, -0.1) is 0 Å². The van der Waals surface area contributed by atoms with Crippen LogP contribution in [0.5, 0.6) is 0 Å². The fraction of sp³-hybridized carbons (Fsp3) is 0.333. The number of benzene rings is 2. The second-order valence-corrected chi connectivity index (χ2v) is 5.33. The van der Waals surface area contributed by atoms with E-state index < -0.39 is 0 Å². The molecule has 0 heterocycles. The van der Waals surface area contributed by atoms with Crippen molar-refractivity contribution in [1.29, 1.82) is 0 Å². The molecule has 0 aliphatic rings. The molecule has 2 aromatic rings. The minimum absolute atomic E-state index is 0.377. The standard InChI is InChI=1S/C18H23N/c1-5-17(16-9-6-13(2)7-10-16)19-18-11-8-14(3)12-15(18)4/h6-12,17,19H,5H2,1-4H3. The van der Waals surface area contributed by atoms with Gasteiger partial charge in [-0.25, -0.2) is 0 Å². The van der Waals surface area contributed by atoms with Gasteiger partial charge in [-0.3, -0.25) is 0 Å². The molecule has 1 unspecified atom stereocenters. The van der Waals surface area contributed by atoms with Gasteiger partial charge in [0.25, 0.3) is 0 Å². The fourth-order valence-corrected chi connectivity index (χ4v) is 2.38. The second-order valence-electron chi connectivity index (χ2n) is 5.33. The maximum absolute atomic E-state index is 3.66. The Hall–Kier alpha value is -1.76. The predicted molar refractivity (Wildman–Crippen MR) is 83.7 cm³/mol. The molecule has 19 heavy (non-hydrogen) atoms. The van der Waals surface area contributed by atoms with Gasteiger partial charge < -0.3 is 5.32 Å². The lowest BCUT2D eigenvalue weighted by molar-refractivity contribution is 0.748. The number of aryl methyl sites for hydroxylation is 3. The van der Waals surface area contributed by atoms with Crippen LogP contribution in [0.25, 0.3) is 0 Å². The molecule has 1 nitrogen and oxygen atoms in total. The average molecular weight is 253 g/mol. The van der Waals surface area contributed by atoms with Crippen molar-refractivity contribution in [2.45, 2.75) is 40.2 Å². The molecule has 0 saturated heterocycles. The lowest BCUT2D eigenvalue weighted by Gasteiger charge is -2.20. The van der Waals surface area contributed by atoms with E-state index in [0.717, 1.165) is 6.42 Å². The summed E-state index contributed by atoms with van der Waals surface area (Å²) in [5.41, 5.74) is 6.52. The monoisotopic (exact) mass is 253 g/mol. The fourth-order valence-electron chi connectivity index (χ4n) is 2.38. The summed E-state index contributed by atoms with van der Waals surface area (Å²) in [4.78, 5) is 0. The normalized spacial score (nSPS) is 12.2. The van der Waals surface area contributed by atoms with Crippen molar-refractivity contribution in [3.63, 3.8) is 0 Å². The molecule has 0 aliphatic carbocycles. The molecule has 0 fully saturated rings. The van der Waals surface area contributed by atoms with E-state index in [4.69, 9.17) is 0 Å².